The summed E-state index contributed by atoms with van der Waals surface area (Å²) < 4.78 is 0. The lowest BCUT2D eigenvalue weighted by atomic mass is 9.98. The Morgan fingerprint density at radius 2 is 2.00 bits per heavy atom. The van der Waals surface area contributed by atoms with Gasteiger partial charge in [-0.1, -0.05) is 11.6 Å². The maximum absolute atomic E-state index is 9.85. The van der Waals surface area contributed by atoms with Crippen molar-refractivity contribution in [3.05, 3.63) is 28.8 Å². The van der Waals surface area contributed by atoms with Crippen LogP contribution in [-0.4, -0.2) is 16.3 Å². The van der Waals surface area contributed by atoms with Crippen LogP contribution in [0.1, 0.15) is 24.4 Å². The minimum absolute atomic E-state index is 0. The van der Waals surface area contributed by atoms with Crippen LogP contribution in [0.3, 0.4) is 0 Å². The molecule has 0 bridgehead atoms. The van der Waals surface area contributed by atoms with Crippen molar-refractivity contribution in [1.82, 2.24) is 0 Å². The van der Waals surface area contributed by atoms with Gasteiger partial charge in [0.2, 0.25) is 0 Å². The standard InChI is InChI=1S/C11H14ClNO2.ClH/c12-7-3-4-9(14)8(5-7)10(13)11(15)6-1-2-6;/h3-6,10-11,14-15H,1-2,13H2;1H/t10-,11+;/m0./s1. The maximum Gasteiger partial charge on any atom is 0.120 e. The Bertz CT molecular complexity index is 369. The van der Waals surface area contributed by atoms with Crippen LogP contribution in [0.4, 0.5) is 0 Å². The first-order chi connectivity index (χ1) is 7.09. The van der Waals surface area contributed by atoms with Crippen molar-refractivity contribution in [3.63, 3.8) is 0 Å². The van der Waals surface area contributed by atoms with Gasteiger partial charge in [-0.05, 0) is 37.0 Å². The summed E-state index contributed by atoms with van der Waals surface area (Å²) in [4.78, 5) is 0. The zero-order valence-corrected chi connectivity index (χ0v) is 10.2. The number of benzene rings is 1. The summed E-state index contributed by atoms with van der Waals surface area (Å²) >= 11 is 5.81. The van der Waals surface area contributed by atoms with E-state index in [0.29, 0.717) is 10.6 Å². The number of nitrogens with two attached hydrogens (primary N) is 1. The molecule has 0 amide bonds. The van der Waals surface area contributed by atoms with E-state index >= 15 is 0 Å². The third-order valence-corrected chi connectivity index (χ3v) is 3.06. The van der Waals surface area contributed by atoms with Crippen molar-refractivity contribution in [3.8, 4) is 5.75 Å². The second-order valence-corrected chi connectivity index (χ2v) is 4.49. The second kappa shape index (κ2) is 5.23. The lowest BCUT2D eigenvalue weighted by Crippen LogP contribution is -2.27. The fourth-order valence-electron chi connectivity index (χ4n) is 1.71. The summed E-state index contributed by atoms with van der Waals surface area (Å²) in [7, 11) is 0. The number of hydrogen-bond donors (Lipinski definition) is 3. The van der Waals surface area contributed by atoms with Gasteiger partial charge in [-0.15, -0.1) is 12.4 Å². The van der Waals surface area contributed by atoms with Crippen LogP contribution in [0.5, 0.6) is 5.75 Å². The Labute approximate surface area is 106 Å². The van der Waals surface area contributed by atoms with Crippen molar-refractivity contribution in [2.75, 3.05) is 0 Å². The summed E-state index contributed by atoms with van der Waals surface area (Å²) in [6.07, 6.45) is 1.43. The first-order valence-electron chi connectivity index (χ1n) is 5.01. The monoisotopic (exact) mass is 263 g/mol. The molecular formula is C11H15Cl2NO2. The fourth-order valence-corrected chi connectivity index (χ4v) is 1.89. The molecule has 3 nitrogen and oxygen atoms in total. The SMILES string of the molecule is Cl.N[C@@H](c1cc(Cl)ccc1O)[C@H](O)C1CC1. The van der Waals surface area contributed by atoms with Gasteiger partial charge in [-0.3, -0.25) is 0 Å². The highest BCUT2D eigenvalue weighted by atomic mass is 35.5. The topological polar surface area (TPSA) is 66.5 Å². The van der Waals surface area contributed by atoms with Crippen molar-refractivity contribution < 1.29 is 10.2 Å². The Morgan fingerprint density at radius 1 is 1.38 bits per heavy atom. The van der Waals surface area contributed by atoms with Crippen LogP contribution in [0.25, 0.3) is 0 Å². The highest BCUT2D eigenvalue weighted by molar-refractivity contribution is 6.30. The van der Waals surface area contributed by atoms with Crippen molar-refractivity contribution >= 4 is 24.0 Å². The van der Waals surface area contributed by atoms with Crippen LogP contribution < -0.4 is 5.73 Å². The smallest absolute Gasteiger partial charge is 0.120 e. The van der Waals surface area contributed by atoms with Crippen LogP contribution >= 0.6 is 24.0 Å². The fraction of sp³-hybridized carbons (Fsp3) is 0.455. The number of phenols is 1. The van der Waals surface area contributed by atoms with Crippen molar-refractivity contribution in [2.24, 2.45) is 11.7 Å². The number of aliphatic hydroxyl groups excluding tert-OH is 1. The lowest BCUT2D eigenvalue weighted by Gasteiger charge is -2.19. The van der Waals surface area contributed by atoms with Gasteiger partial charge in [0.25, 0.3) is 0 Å². The molecule has 2 atom stereocenters. The van der Waals surface area contributed by atoms with E-state index < -0.39 is 12.1 Å². The summed E-state index contributed by atoms with van der Waals surface area (Å²) in [6.45, 7) is 0. The van der Waals surface area contributed by atoms with E-state index in [-0.39, 0.29) is 24.1 Å². The van der Waals surface area contributed by atoms with E-state index in [1.165, 1.54) is 6.07 Å². The summed E-state index contributed by atoms with van der Waals surface area (Å²) in [5.74, 6) is 0.366. The zero-order chi connectivity index (χ0) is 11.0. The molecule has 1 aromatic rings. The molecule has 1 saturated carbocycles. The van der Waals surface area contributed by atoms with Gasteiger partial charge in [0.05, 0.1) is 12.1 Å². The third-order valence-electron chi connectivity index (χ3n) is 2.82. The summed E-state index contributed by atoms with van der Waals surface area (Å²) in [6, 6.07) is 4.14. The van der Waals surface area contributed by atoms with Gasteiger partial charge in [0.15, 0.2) is 0 Å². The minimum atomic E-state index is -0.589. The number of phenolic OH excluding ortho intramolecular Hbond substituents is 1. The van der Waals surface area contributed by atoms with Gasteiger partial charge < -0.3 is 15.9 Å². The highest BCUT2D eigenvalue weighted by Gasteiger charge is 2.35. The molecule has 0 heterocycles. The van der Waals surface area contributed by atoms with Crippen molar-refractivity contribution in [1.29, 1.82) is 0 Å². The largest absolute Gasteiger partial charge is 0.508 e. The molecule has 1 fully saturated rings. The van der Waals surface area contributed by atoms with E-state index in [1.54, 1.807) is 12.1 Å². The minimum Gasteiger partial charge on any atom is -0.508 e. The molecule has 0 unspecified atom stereocenters. The highest BCUT2D eigenvalue weighted by Crippen LogP contribution is 2.39. The van der Waals surface area contributed by atoms with Gasteiger partial charge in [-0.25, -0.2) is 0 Å². The third kappa shape index (κ3) is 2.80. The molecule has 0 radical (unpaired) electrons. The molecule has 1 aliphatic rings. The number of aromatic hydroxyl groups is 1. The Kier molecular flexibility index (Phi) is 4.44. The average Bonchev–Trinajstić information content (AvgIpc) is 3.03. The molecule has 90 valence electrons. The van der Waals surface area contributed by atoms with E-state index in [1.807, 2.05) is 0 Å². The number of hydrogen-bond acceptors (Lipinski definition) is 3. The number of halogens is 2. The first kappa shape index (κ1) is 13.6. The molecule has 16 heavy (non-hydrogen) atoms. The Morgan fingerprint density at radius 3 is 2.56 bits per heavy atom. The molecular weight excluding hydrogens is 249 g/mol. The van der Waals surface area contributed by atoms with E-state index in [4.69, 9.17) is 17.3 Å². The molecule has 4 N–H and O–H groups in total. The van der Waals surface area contributed by atoms with Crippen LogP contribution in [0.15, 0.2) is 18.2 Å². The molecule has 0 spiro atoms. The number of rotatable bonds is 3. The van der Waals surface area contributed by atoms with Gasteiger partial charge >= 0.3 is 0 Å². The molecule has 0 saturated heterocycles. The van der Waals surface area contributed by atoms with E-state index in [0.717, 1.165) is 12.8 Å². The predicted molar refractivity (Wildman–Crippen MR) is 66.0 cm³/mol. The van der Waals surface area contributed by atoms with Crippen LogP contribution in [0, 0.1) is 5.92 Å². The zero-order valence-electron chi connectivity index (χ0n) is 8.64. The number of aliphatic hydroxyl groups is 1. The van der Waals surface area contributed by atoms with Crippen LogP contribution in [-0.2, 0) is 0 Å². The quantitative estimate of drug-likeness (QED) is 0.784. The summed E-state index contributed by atoms with van der Waals surface area (Å²) in [5.41, 5.74) is 6.40. The summed E-state index contributed by atoms with van der Waals surface area (Å²) in [5, 5.41) is 20.0. The second-order valence-electron chi connectivity index (χ2n) is 4.06. The maximum atomic E-state index is 9.85. The molecule has 1 aliphatic carbocycles. The normalized spacial score (nSPS) is 18.7. The van der Waals surface area contributed by atoms with Gasteiger partial charge in [-0.2, -0.15) is 0 Å². The van der Waals surface area contributed by atoms with Crippen molar-refractivity contribution in [2.45, 2.75) is 25.0 Å². The Balaban J connectivity index is 0.00000128. The molecule has 0 aromatic heterocycles. The van der Waals surface area contributed by atoms with E-state index in [2.05, 4.69) is 0 Å². The van der Waals surface area contributed by atoms with Crippen LogP contribution in [0.2, 0.25) is 5.02 Å². The van der Waals surface area contributed by atoms with E-state index in [9.17, 15) is 10.2 Å². The Hall–Kier alpha value is -0.480. The van der Waals surface area contributed by atoms with Gasteiger partial charge in [0.1, 0.15) is 5.75 Å². The lowest BCUT2D eigenvalue weighted by molar-refractivity contribution is 0.121. The molecule has 2 rings (SSSR count). The molecule has 0 aliphatic heterocycles. The molecule has 5 heteroatoms. The first-order valence-corrected chi connectivity index (χ1v) is 5.39. The average molecular weight is 264 g/mol. The van der Waals surface area contributed by atoms with Gasteiger partial charge in [0, 0.05) is 10.6 Å². The predicted octanol–water partition coefficient (Wildman–Crippen LogP) is 2.24. The molecule has 1 aromatic carbocycles.